The minimum absolute atomic E-state index is 0. The molecule has 2 N–H and O–H groups in total. The van der Waals surface area contributed by atoms with Crippen molar-refractivity contribution in [2.45, 2.75) is 51.5 Å². The Morgan fingerprint density at radius 3 is 2.43 bits per heavy atom. The summed E-state index contributed by atoms with van der Waals surface area (Å²) in [6, 6.07) is 8.57. The minimum atomic E-state index is -0.466. The first kappa shape index (κ1) is 20.3. The van der Waals surface area contributed by atoms with Crippen molar-refractivity contribution in [1.29, 1.82) is 0 Å². The maximum Gasteiger partial charge on any atom is 0.251 e. The zero-order valence-corrected chi connectivity index (χ0v) is 16.6. The summed E-state index contributed by atoms with van der Waals surface area (Å²) in [6.45, 7) is 3.39. The van der Waals surface area contributed by atoms with E-state index in [0.29, 0.717) is 11.5 Å². The first-order valence-corrected chi connectivity index (χ1v) is 8.15. The van der Waals surface area contributed by atoms with Crippen molar-refractivity contribution < 1.29 is 42.3 Å². The molecule has 0 bridgehead atoms. The molecule has 1 aliphatic carbocycles. The molecule has 1 aromatic rings. The molecule has 2 rings (SSSR count). The monoisotopic (exact) mass is 390 g/mol. The standard InChI is InChI=1S/C18H25N2O2.Y/c1-2-19-18(22)16(13-14-9-5-3-6-10-14)20-17(21)15-11-7-4-8-12-15;/h2,4,7-8,11-12,14,16H,3,5-6,9-10,13H2,1H3,(H,19,22)(H,20,21);/q-1;/t16-;/m0./s1. The number of carbonyl (C=O) groups excluding carboxylic acids is 2. The number of nitrogens with one attached hydrogen (secondary N) is 2. The van der Waals surface area contributed by atoms with E-state index in [9.17, 15) is 9.59 Å². The summed E-state index contributed by atoms with van der Waals surface area (Å²) in [7, 11) is 0. The van der Waals surface area contributed by atoms with Gasteiger partial charge in [0.05, 0.1) is 0 Å². The van der Waals surface area contributed by atoms with E-state index in [4.69, 9.17) is 0 Å². The Labute approximate surface area is 164 Å². The Morgan fingerprint density at radius 2 is 1.83 bits per heavy atom. The molecule has 4 nitrogen and oxygen atoms in total. The Balaban J connectivity index is 0.00000264. The van der Waals surface area contributed by atoms with E-state index >= 15 is 0 Å². The van der Waals surface area contributed by atoms with Crippen LogP contribution in [0.15, 0.2) is 30.3 Å². The summed E-state index contributed by atoms with van der Waals surface area (Å²) in [5, 5.41) is 5.61. The average molecular weight is 390 g/mol. The Morgan fingerprint density at radius 1 is 1.17 bits per heavy atom. The van der Waals surface area contributed by atoms with Crippen LogP contribution in [0.5, 0.6) is 0 Å². The smallest absolute Gasteiger partial charge is 0.251 e. The molecule has 1 fully saturated rings. The Kier molecular flexibility index (Phi) is 9.65. The number of carbonyl (C=O) groups is 2. The number of hydrogen-bond donors (Lipinski definition) is 2. The van der Waals surface area contributed by atoms with Gasteiger partial charge in [-0.15, -0.1) is 0 Å². The van der Waals surface area contributed by atoms with Crippen LogP contribution in [0.2, 0.25) is 0 Å². The minimum Gasteiger partial charge on any atom is -0.504 e. The van der Waals surface area contributed by atoms with Gasteiger partial charge in [-0.2, -0.15) is 6.92 Å². The SMILES string of the molecule is C[CH-]NC(=O)[C@H](CC1CCCCC1)NC(=O)c1ccccc1.[Y]. The van der Waals surface area contributed by atoms with Crippen molar-refractivity contribution in [2.24, 2.45) is 5.92 Å². The van der Waals surface area contributed by atoms with Crippen molar-refractivity contribution in [3.05, 3.63) is 42.4 Å². The molecule has 0 heterocycles. The average Bonchev–Trinajstić information content (AvgIpc) is 2.56. The van der Waals surface area contributed by atoms with Gasteiger partial charge in [0.15, 0.2) is 0 Å². The van der Waals surface area contributed by atoms with Crippen LogP contribution in [0.4, 0.5) is 0 Å². The van der Waals surface area contributed by atoms with Gasteiger partial charge in [-0.05, 0) is 24.5 Å². The summed E-state index contributed by atoms with van der Waals surface area (Å²) in [4.78, 5) is 24.5. The molecule has 0 unspecified atom stereocenters. The van der Waals surface area contributed by atoms with Crippen LogP contribution >= 0.6 is 0 Å². The second-order valence-electron chi connectivity index (χ2n) is 5.93. The third-order valence-corrected chi connectivity index (χ3v) is 4.24. The van der Waals surface area contributed by atoms with E-state index in [-0.39, 0.29) is 44.5 Å². The second kappa shape index (κ2) is 10.9. The largest absolute Gasteiger partial charge is 0.504 e. The van der Waals surface area contributed by atoms with Gasteiger partial charge in [0.1, 0.15) is 6.04 Å². The Hall–Kier alpha value is -0.736. The number of benzene rings is 1. The predicted octanol–water partition coefficient (Wildman–Crippen LogP) is 3.05. The van der Waals surface area contributed by atoms with Gasteiger partial charge in [-0.25, -0.2) is 6.54 Å². The van der Waals surface area contributed by atoms with E-state index in [1.165, 1.54) is 19.3 Å². The van der Waals surface area contributed by atoms with Gasteiger partial charge in [0.25, 0.3) is 5.91 Å². The van der Waals surface area contributed by atoms with Crippen LogP contribution in [0, 0.1) is 12.5 Å². The molecular weight excluding hydrogens is 365 g/mol. The summed E-state index contributed by atoms with van der Waals surface area (Å²) >= 11 is 0. The molecular formula is C18H25N2O2Y-. The fourth-order valence-electron chi connectivity index (χ4n) is 3.06. The van der Waals surface area contributed by atoms with Crippen LogP contribution in [0.3, 0.4) is 0 Å². The number of amides is 2. The van der Waals surface area contributed by atoms with E-state index in [1.807, 2.05) is 18.2 Å². The van der Waals surface area contributed by atoms with Crippen LogP contribution < -0.4 is 10.6 Å². The summed E-state index contributed by atoms with van der Waals surface area (Å²) in [5.41, 5.74) is 0.587. The molecule has 0 aromatic heterocycles. The summed E-state index contributed by atoms with van der Waals surface area (Å²) in [5.74, 6) is 0.211. The van der Waals surface area contributed by atoms with Gasteiger partial charge in [0, 0.05) is 38.3 Å². The zero-order chi connectivity index (χ0) is 15.8. The van der Waals surface area contributed by atoms with Gasteiger partial charge in [0.2, 0.25) is 5.91 Å². The fourth-order valence-corrected chi connectivity index (χ4v) is 3.06. The van der Waals surface area contributed by atoms with E-state index in [0.717, 1.165) is 19.3 Å². The van der Waals surface area contributed by atoms with Crippen molar-refractivity contribution in [1.82, 2.24) is 10.6 Å². The molecule has 1 aromatic carbocycles. The quantitative estimate of drug-likeness (QED) is 0.734. The third-order valence-electron chi connectivity index (χ3n) is 4.24. The number of hydrogen-bond acceptors (Lipinski definition) is 2. The van der Waals surface area contributed by atoms with Crippen molar-refractivity contribution in [3.63, 3.8) is 0 Å². The molecule has 2 amide bonds. The van der Waals surface area contributed by atoms with Crippen molar-refractivity contribution in [2.75, 3.05) is 0 Å². The van der Waals surface area contributed by atoms with Crippen molar-refractivity contribution >= 4 is 11.8 Å². The second-order valence-corrected chi connectivity index (χ2v) is 5.93. The number of rotatable bonds is 6. The molecule has 0 aliphatic heterocycles. The normalized spacial score (nSPS) is 16.0. The Bertz CT molecular complexity index is 487. The predicted molar refractivity (Wildman–Crippen MR) is 87.0 cm³/mol. The van der Waals surface area contributed by atoms with Crippen LogP contribution in [-0.4, -0.2) is 17.9 Å². The summed E-state index contributed by atoms with van der Waals surface area (Å²) < 4.78 is 0. The maximum absolute atomic E-state index is 12.3. The van der Waals surface area contributed by atoms with E-state index < -0.39 is 6.04 Å². The molecule has 0 spiro atoms. The molecule has 123 valence electrons. The molecule has 5 heteroatoms. The third kappa shape index (κ3) is 6.72. The topological polar surface area (TPSA) is 58.2 Å². The van der Waals surface area contributed by atoms with Crippen LogP contribution in [-0.2, 0) is 37.5 Å². The molecule has 1 saturated carbocycles. The zero-order valence-electron chi connectivity index (χ0n) is 13.8. The maximum atomic E-state index is 12.3. The van der Waals surface area contributed by atoms with Gasteiger partial charge in [-0.3, -0.25) is 9.59 Å². The van der Waals surface area contributed by atoms with Gasteiger partial charge >= 0.3 is 0 Å². The molecule has 0 saturated heterocycles. The fraction of sp³-hybridized carbons (Fsp3) is 0.500. The van der Waals surface area contributed by atoms with Crippen LogP contribution in [0.1, 0.15) is 55.8 Å². The molecule has 1 atom stereocenters. The van der Waals surface area contributed by atoms with E-state index in [2.05, 4.69) is 10.6 Å². The van der Waals surface area contributed by atoms with Crippen molar-refractivity contribution in [3.8, 4) is 0 Å². The molecule has 23 heavy (non-hydrogen) atoms. The van der Waals surface area contributed by atoms with Crippen LogP contribution in [0.25, 0.3) is 0 Å². The molecule has 1 radical (unpaired) electrons. The molecule has 1 aliphatic rings. The van der Waals surface area contributed by atoms with Gasteiger partial charge in [-0.1, -0.05) is 50.3 Å². The van der Waals surface area contributed by atoms with Gasteiger partial charge < -0.3 is 10.6 Å². The first-order valence-electron chi connectivity index (χ1n) is 8.15. The first-order chi connectivity index (χ1) is 10.7. The van der Waals surface area contributed by atoms with E-state index in [1.54, 1.807) is 25.6 Å². The summed E-state index contributed by atoms with van der Waals surface area (Å²) in [6.07, 6.45) is 6.77.